The molecule has 0 bridgehead atoms. The standard InChI is InChI=1S/C26H27ClFN3O4S/c1-29-26(33)24(16-19-8-4-3-5-9-19)30(17-20-10-6-7-11-23(20)28)25(32)18-31(36(2,34)35)22-14-12-21(27)13-15-22/h3-15,24H,16-18H2,1-2H3,(H,29,33). The van der Waals surface area contributed by atoms with Crippen molar-refractivity contribution in [3.05, 3.63) is 101 Å². The minimum Gasteiger partial charge on any atom is -0.357 e. The molecule has 0 aliphatic heterocycles. The van der Waals surface area contributed by atoms with Crippen molar-refractivity contribution in [3.63, 3.8) is 0 Å². The van der Waals surface area contributed by atoms with Gasteiger partial charge in [0.05, 0.1) is 11.9 Å². The molecule has 190 valence electrons. The first-order valence-corrected chi connectivity index (χ1v) is 13.3. The van der Waals surface area contributed by atoms with E-state index < -0.39 is 40.2 Å². The van der Waals surface area contributed by atoms with Gasteiger partial charge in [-0.3, -0.25) is 13.9 Å². The molecule has 0 saturated carbocycles. The van der Waals surface area contributed by atoms with Crippen LogP contribution in [0.5, 0.6) is 0 Å². The molecule has 10 heteroatoms. The van der Waals surface area contributed by atoms with Gasteiger partial charge >= 0.3 is 0 Å². The molecular weight excluding hydrogens is 505 g/mol. The van der Waals surface area contributed by atoms with E-state index in [1.165, 1.54) is 54.4 Å². The third-order valence-electron chi connectivity index (χ3n) is 5.61. The summed E-state index contributed by atoms with van der Waals surface area (Å²) in [4.78, 5) is 27.9. The lowest BCUT2D eigenvalue weighted by Gasteiger charge is -2.33. The summed E-state index contributed by atoms with van der Waals surface area (Å²) in [6.45, 7) is -0.814. The topological polar surface area (TPSA) is 86.8 Å². The Morgan fingerprint density at radius 3 is 2.17 bits per heavy atom. The molecule has 3 rings (SSSR count). The van der Waals surface area contributed by atoms with Gasteiger partial charge < -0.3 is 10.2 Å². The van der Waals surface area contributed by atoms with Crippen LogP contribution >= 0.6 is 11.6 Å². The van der Waals surface area contributed by atoms with Gasteiger partial charge in [-0.1, -0.05) is 60.1 Å². The predicted molar refractivity (Wildman–Crippen MR) is 139 cm³/mol. The molecule has 0 heterocycles. The smallest absolute Gasteiger partial charge is 0.244 e. The largest absolute Gasteiger partial charge is 0.357 e. The average Bonchev–Trinajstić information content (AvgIpc) is 2.85. The first-order valence-electron chi connectivity index (χ1n) is 11.1. The van der Waals surface area contributed by atoms with E-state index >= 15 is 0 Å². The number of hydrogen-bond donors (Lipinski definition) is 1. The van der Waals surface area contributed by atoms with Crippen molar-refractivity contribution < 1.29 is 22.4 Å². The molecule has 0 aromatic heterocycles. The Balaban J connectivity index is 2.03. The van der Waals surface area contributed by atoms with Crippen LogP contribution in [0.4, 0.5) is 10.1 Å². The number of benzene rings is 3. The number of carbonyl (C=O) groups excluding carboxylic acids is 2. The summed E-state index contributed by atoms with van der Waals surface area (Å²) in [6, 6.07) is 20.0. The summed E-state index contributed by atoms with van der Waals surface area (Å²) >= 11 is 5.94. The first kappa shape index (κ1) is 27.2. The van der Waals surface area contributed by atoms with Crippen LogP contribution in [0.1, 0.15) is 11.1 Å². The number of nitrogens with zero attached hydrogens (tertiary/aromatic N) is 2. The van der Waals surface area contributed by atoms with Crippen LogP contribution in [-0.2, 0) is 32.6 Å². The van der Waals surface area contributed by atoms with Crippen LogP contribution in [0.3, 0.4) is 0 Å². The van der Waals surface area contributed by atoms with Crippen molar-refractivity contribution in [1.29, 1.82) is 0 Å². The van der Waals surface area contributed by atoms with E-state index in [2.05, 4.69) is 5.32 Å². The number of carbonyl (C=O) groups is 2. The molecule has 1 unspecified atom stereocenters. The summed E-state index contributed by atoms with van der Waals surface area (Å²) in [6.07, 6.45) is 1.14. The molecule has 0 saturated heterocycles. The van der Waals surface area contributed by atoms with Crippen LogP contribution in [-0.4, -0.2) is 51.0 Å². The SMILES string of the molecule is CNC(=O)C(Cc1ccccc1)N(Cc1ccccc1F)C(=O)CN(c1ccc(Cl)cc1)S(C)(=O)=O. The van der Waals surface area contributed by atoms with Gasteiger partial charge in [0.15, 0.2) is 0 Å². The molecule has 1 atom stereocenters. The van der Waals surface area contributed by atoms with Crippen molar-refractivity contribution in [2.24, 2.45) is 0 Å². The van der Waals surface area contributed by atoms with Gasteiger partial charge in [-0.25, -0.2) is 12.8 Å². The molecule has 3 aromatic carbocycles. The van der Waals surface area contributed by atoms with Gasteiger partial charge in [-0.15, -0.1) is 0 Å². The fraction of sp³-hybridized carbons (Fsp3) is 0.231. The molecule has 7 nitrogen and oxygen atoms in total. The van der Waals surface area contributed by atoms with Crippen LogP contribution < -0.4 is 9.62 Å². The van der Waals surface area contributed by atoms with Crippen LogP contribution in [0.25, 0.3) is 0 Å². The zero-order valence-corrected chi connectivity index (χ0v) is 21.5. The Labute approximate surface area is 215 Å². The normalized spacial score (nSPS) is 12.0. The fourth-order valence-corrected chi connectivity index (χ4v) is 4.73. The quantitative estimate of drug-likeness (QED) is 0.433. The Bertz CT molecular complexity index is 1300. The minimum atomic E-state index is -3.88. The van der Waals surface area contributed by atoms with Crippen molar-refractivity contribution in [1.82, 2.24) is 10.2 Å². The molecule has 0 spiro atoms. The van der Waals surface area contributed by atoms with Gasteiger partial charge in [0.2, 0.25) is 21.8 Å². The molecule has 36 heavy (non-hydrogen) atoms. The Hall–Kier alpha value is -3.43. The highest BCUT2D eigenvalue weighted by Gasteiger charge is 2.33. The van der Waals surface area contributed by atoms with E-state index in [0.29, 0.717) is 5.02 Å². The maximum absolute atomic E-state index is 14.6. The lowest BCUT2D eigenvalue weighted by molar-refractivity contribution is -0.139. The number of hydrogen-bond acceptors (Lipinski definition) is 4. The highest BCUT2D eigenvalue weighted by atomic mass is 35.5. The molecule has 0 fully saturated rings. The van der Waals surface area contributed by atoms with Crippen molar-refractivity contribution >= 4 is 39.1 Å². The molecule has 0 aliphatic carbocycles. The lowest BCUT2D eigenvalue weighted by atomic mass is 10.0. The molecule has 3 aromatic rings. The van der Waals surface area contributed by atoms with Gasteiger partial charge in [0, 0.05) is 30.6 Å². The van der Waals surface area contributed by atoms with E-state index in [1.807, 2.05) is 30.3 Å². The van der Waals surface area contributed by atoms with E-state index in [0.717, 1.165) is 16.1 Å². The van der Waals surface area contributed by atoms with E-state index in [4.69, 9.17) is 11.6 Å². The Morgan fingerprint density at radius 2 is 1.58 bits per heavy atom. The average molecular weight is 532 g/mol. The fourth-order valence-electron chi connectivity index (χ4n) is 3.75. The zero-order chi connectivity index (χ0) is 26.3. The number of rotatable bonds is 10. The highest BCUT2D eigenvalue weighted by Crippen LogP contribution is 2.22. The lowest BCUT2D eigenvalue weighted by Crippen LogP contribution is -2.53. The number of amides is 2. The Morgan fingerprint density at radius 1 is 0.972 bits per heavy atom. The number of nitrogens with one attached hydrogen (secondary N) is 1. The molecule has 0 aliphatic rings. The summed E-state index contributed by atoms with van der Waals surface area (Å²) < 4.78 is 40.8. The van der Waals surface area contributed by atoms with Crippen molar-refractivity contribution in [2.75, 3.05) is 24.2 Å². The van der Waals surface area contributed by atoms with Gasteiger partial charge in [-0.05, 0) is 35.9 Å². The number of halogens is 2. The van der Waals surface area contributed by atoms with Crippen molar-refractivity contribution in [3.8, 4) is 0 Å². The molecule has 0 radical (unpaired) electrons. The first-order chi connectivity index (χ1) is 17.1. The van der Waals surface area contributed by atoms with Crippen LogP contribution in [0.2, 0.25) is 5.02 Å². The minimum absolute atomic E-state index is 0.153. The second kappa shape index (κ2) is 12.0. The summed E-state index contributed by atoms with van der Waals surface area (Å²) in [7, 11) is -2.44. The number of anilines is 1. The highest BCUT2D eigenvalue weighted by molar-refractivity contribution is 7.92. The third-order valence-corrected chi connectivity index (χ3v) is 7.00. The van der Waals surface area contributed by atoms with Gasteiger partial charge in [-0.2, -0.15) is 0 Å². The molecule has 1 N–H and O–H groups in total. The van der Waals surface area contributed by atoms with E-state index in [-0.39, 0.29) is 24.2 Å². The van der Waals surface area contributed by atoms with Crippen LogP contribution in [0, 0.1) is 5.82 Å². The predicted octanol–water partition coefficient (Wildman–Crippen LogP) is 3.63. The number of sulfonamides is 1. The van der Waals surface area contributed by atoms with E-state index in [9.17, 15) is 22.4 Å². The summed E-state index contributed by atoms with van der Waals surface area (Å²) in [5, 5.41) is 2.97. The Kier molecular flexibility index (Phi) is 9.06. The zero-order valence-electron chi connectivity index (χ0n) is 19.9. The number of likely N-dealkylation sites (N-methyl/N-ethyl adjacent to an activating group) is 1. The van der Waals surface area contributed by atoms with Gasteiger partial charge in [0.1, 0.15) is 18.4 Å². The second-order valence-electron chi connectivity index (χ2n) is 8.18. The molecular formula is C26H27ClFN3O4S. The maximum atomic E-state index is 14.6. The summed E-state index contributed by atoms with van der Waals surface area (Å²) in [5.41, 5.74) is 1.22. The maximum Gasteiger partial charge on any atom is 0.244 e. The summed E-state index contributed by atoms with van der Waals surface area (Å²) in [5.74, 6) is -1.66. The van der Waals surface area contributed by atoms with Crippen molar-refractivity contribution in [2.45, 2.75) is 19.0 Å². The van der Waals surface area contributed by atoms with Crippen LogP contribution in [0.15, 0.2) is 78.9 Å². The molecule has 2 amide bonds. The second-order valence-corrected chi connectivity index (χ2v) is 10.5. The monoisotopic (exact) mass is 531 g/mol. The van der Waals surface area contributed by atoms with E-state index in [1.54, 1.807) is 6.07 Å². The van der Waals surface area contributed by atoms with Gasteiger partial charge in [0.25, 0.3) is 0 Å². The third kappa shape index (κ3) is 7.05.